The largest absolute Gasteiger partial charge is 0.348 e. The topological polar surface area (TPSA) is 87.3 Å². The van der Waals surface area contributed by atoms with Gasteiger partial charge in [-0.05, 0) is 11.5 Å². The lowest BCUT2D eigenvalue weighted by molar-refractivity contribution is -0.130. The number of benzene rings is 1. The maximum absolute atomic E-state index is 14.2. The van der Waals surface area contributed by atoms with Crippen molar-refractivity contribution in [1.82, 2.24) is 16.0 Å². The van der Waals surface area contributed by atoms with Gasteiger partial charge < -0.3 is 10.6 Å². The first-order chi connectivity index (χ1) is 11.6. The third-order valence-electron chi connectivity index (χ3n) is 3.99. The highest BCUT2D eigenvalue weighted by molar-refractivity contribution is 5.97. The molecule has 1 aromatic carbocycles. The minimum absolute atomic E-state index is 0.00777. The molecule has 0 bridgehead atoms. The van der Waals surface area contributed by atoms with Crippen molar-refractivity contribution in [2.45, 2.75) is 33.2 Å². The van der Waals surface area contributed by atoms with Crippen LogP contribution in [0.2, 0.25) is 0 Å². The Bertz CT molecular complexity index is 701. The zero-order valence-corrected chi connectivity index (χ0v) is 14.3. The molecule has 3 N–H and O–H groups in total. The van der Waals surface area contributed by atoms with Crippen molar-refractivity contribution in [2.75, 3.05) is 6.54 Å². The number of hydrogen-bond acceptors (Lipinski definition) is 3. The molecule has 0 aliphatic carbocycles. The summed E-state index contributed by atoms with van der Waals surface area (Å²) >= 11 is 0. The summed E-state index contributed by atoms with van der Waals surface area (Å²) in [6, 6.07) is 1.80. The molecular formula is C17H21F2N3O3. The summed E-state index contributed by atoms with van der Waals surface area (Å²) in [4.78, 5) is 35.5. The number of rotatable bonds is 3. The molecule has 0 saturated carbocycles. The first-order valence-corrected chi connectivity index (χ1v) is 7.91. The average Bonchev–Trinajstić information content (AvgIpc) is 2.65. The van der Waals surface area contributed by atoms with Crippen LogP contribution in [-0.2, 0) is 9.59 Å². The van der Waals surface area contributed by atoms with E-state index in [1.165, 1.54) is 6.07 Å². The molecule has 1 aliphatic heterocycles. The minimum Gasteiger partial charge on any atom is -0.348 e. The molecule has 1 unspecified atom stereocenters. The summed E-state index contributed by atoms with van der Waals surface area (Å²) in [5.41, 5.74) is -0.408. The highest BCUT2D eigenvalue weighted by Crippen LogP contribution is 2.34. The molecule has 0 radical (unpaired) electrons. The van der Waals surface area contributed by atoms with E-state index in [9.17, 15) is 23.2 Å². The first kappa shape index (κ1) is 18.8. The Hall–Kier alpha value is -2.51. The van der Waals surface area contributed by atoms with Gasteiger partial charge in [0.05, 0.1) is 12.0 Å². The summed E-state index contributed by atoms with van der Waals surface area (Å²) in [6.45, 7) is 5.42. The molecule has 4 amide bonds. The van der Waals surface area contributed by atoms with Gasteiger partial charge >= 0.3 is 6.03 Å². The quantitative estimate of drug-likeness (QED) is 0.777. The van der Waals surface area contributed by atoms with Crippen LogP contribution < -0.4 is 16.0 Å². The lowest BCUT2D eigenvalue weighted by Gasteiger charge is -2.33. The van der Waals surface area contributed by atoms with Crippen molar-refractivity contribution in [3.05, 3.63) is 35.4 Å². The Balaban J connectivity index is 2.23. The van der Waals surface area contributed by atoms with Crippen LogP contribution in [0.3, 0.4) is 0 Å². The number of hydrogen-bond donors (Lipinski definition) is 3. The highest BCUT2D eigenvalue weighted by atomic mass is 19.1. The van der Waals surface area contributed by atoms with E-state index >= 15 is 0 Å². The van der Waals surface area contributed by atoms with E-state index in [1.54, 1.807) is 0 Å². The van der Waals surface area contributed by atoms with E-state index in [-0.39, 0.29) is 18.5 Å². The second kappa shape index (κ2) is 7.16. The first-order valence-electron chi connectivity index (χ1n) is 7.91. The van der Waals surface area contributed by atoms with Crippen LogP contribution in [0.1, 0.15) is 38.8 Å². The van der Waals surface area contributed by atoms with Crippen LogP contribution in [0.15, 0.2) is 18.2 Å². The third kappa shape index (κ3) is 4.74. The number of halogens is 2. The summed E-state index contributed by atoms with van der Waals surface area (Å²) < 4.78 is 27.4. The lowest BCUT2D eigenvalue weighted by Crippen LogP contribution is -2.43. The van der Waals surface area contributed by atoms with Gasteiger partial charge in [-0.3, -0.25) is 14.9 Å². The monoisotopic (exact) mass is 353 g/mol. The van der Waals surface area contributed by atoms with Crippen LogP contribution in [0.25, 0.3) is 0 Å². The molecule has 1 saturated heterocycles. The predicted octanol–water partition coefficient (Wildman–Crippen LogP) is 2.01. The number of imide groups is 1. The zero-order chi connectivity index (χ0) is 18.8. The Morgan fingerprint density at radius 3 is 2.56 bits per heavy atom. The normalized spacial score (nSPS) is 19.5. The molecule has 25 heavy (non-hydrogen) atoms. The van der Waals surface area contributed by atoms with Crippen molar-refractivity contribution in [1.29, 1.82) is 0 Å². The fraction of sp³-hybridized carbons (Fsp3) is 0.471. The Morgan fingerprint density at radius 1 is 1.28 bits per heavy atom. The average molecular weight is 353 g/mol. The zero-order valence-electron chi connectivity index (χ0n) is 14.3. The van der Waals surface area contributed by atoms with Crippen molar-refractivity contribution in [3.8, 4) is 0 Å². The van der Waals surface area contributed by atoms with E-state index in [0.717, 1.165) is 12.1 Å². The number of amides is 4. The van der Waals surface area contributed by atoms with Gasteiger partial charge in [-0.1, -0.05) is 26.8 Å². The smallest absolute Gasteiger partial charge is 0.321 e. The van der Waals surface area contributed by atoms with Gasteiger partial charge in [0.1, 0.15) is 11.6 Å². The van der Waals surface area contributed by atoms with Gasteiger partial charge in [0, 0.05) is 24.6 Å². The Labute approximate surface area is 144 Å². The molecule has 1 aliphatic rings. The SMILES string of the molecule is CC(C)(C)C(NC(=O)[C@H]1CNC(=O)NC(=O)C1)c1ccc(F)cc1F. The maximum atomic E-state index is 14.2. The van der Waals surface area contributed by atoms with E-state index in [1.807, 2.05) is 20.8 Å². The van der Waals surface area contributed by atoms with Crippen molar-refractivity contribution >= 4 is 17.8 Å². The molecule has 6 nitrogen and oxygen atoms in total. The second-order valence-electron chi connectivity index (χ2n) is 7.13. The molecule has 2 atom stereocenters. The van der Waals surface area contributed by atoms with E-state index in [4.69, 9.17) is 0 Å². The molecule has 1 heterocycles. The number of urea groups is 1. The van der Waals surface area contributed by atoms with Gasteiger partial charge in [-0.2, -0.15) is 0 Å². The fourth-order valence-electron chi connectivity index (χ4n) is 2.68. The molecule has 0 spiro atoms. The third-order valence-corrected chi connectivity index (χ3v) is 3.99. The predicted molar refractivity (Wildman–Crippen MR) is 86.3 cm³/mol. The van der Waals surface area contributed by atoms with Crippen molar-refractivity contribution in [2.24, 2.45) is 11.3 Å². The van der Waals surface area contributed by atoms with E-state index in [0.29, 0.717) is 0 Å². The maximum Gasteiger partial charge on any atom is 0.321 e. The Kier molecular flexibility index (Phi) is 5.39. The number of nitrogens with one attached hydrogen (secondary N) is 3. The summed E-state index contributed by atoms with van der Waals surface area (Å²) in [7, 11) is 0. The summed E-state index contributed by atoms with van der Waals surface area (Å²) in [6.07, 6.45) is -0.159. The Morgan fingerprint density at radius 2 is 1.96 bits per heavy atom. The van der Waals surface area contributed by atoms with Gasteiger partial charge in [0.2, 0.25) is 11.8 Å². The lowest BCUT2D eigenvalue weighted by atomic mass is 9.81. The summed E-state index contributed by atoms with van der Waals surface area (Å²) in [5.74, 6) is -3.29. The second-order valence-corrected chi connectivity index (χ2v) is 7.13. The molecule has 2 rings (SSSR count). The summed E-state index contributed by atoms with van der Waals surface area (Å²) in [5, 5.41) is 7.24. The van der Waals surface area contributed by atoms with Crippen LogP contribution in [-0.4, -0.2) is 24.4 Å². The van der Waals surface area contributed by atoms with E-state index in [2.05, 4.69) is 16.0 Å². The molecule has 1 aromatic rings. The molecular weight excluding hydrogens is 332 g/mol. The fourth-order valence-corrected chi connectivity index (χ4v) is 2.68. The molecule has 8 heteroatoms. The number of carbonyl (C=O) groups is 3. The van der Waals surface area contributed by atoms with Crippen LogP contribution in [0, 0.1) is 23.0 Å². The minimum atomic E-state index is -0.778. The standard InChI is InChI=1S/C17H21F2N3O3/c1-17(2,3)14(11-5-4-10(18)7-12(11)19)22-15(24)9-6-13(23)21-16(25)20-8-9/h4-5,7,9,14H,6,8H2,1-3H3,(H,22,24)(H2,20,21,23,25)/t9-,14?/m1/s1. The van der Waals surface area contributed by atoms with Gasteiger partial charge in [0.25, 0.3) is 0 Å². The van der Waals surface area contributed by atoms with Crippen molar-refractivity contribution in [3.63, 3.8) is 0 Å². The van der Waals surface area contributed by atoms with Crippen LogP contribution >= 0.6 is 0 Å². The van der Waals surface area contributed by atoms with Gasteiger partial charge in [0.15, 0.2) is 0 Å². The van der Waals surface area contributed by atoms with Crippen LogP contribution in [0.4, 0.5) is 13.6 Å². The molecule has 136 valence electrons. The van der Waals surface area contributed by atoms with E-state index < -0.39 is 46.9 Å². The highest BCUT2D eigenvalue weighted by Gasteiger charge is 2.34. The van der Waals surface area contributed by atoms with Gasteiger partial charge in [-0.25, -0.2) is 13.6 Å². The van der Waals surface area contributed by atoms with Crippen molar-refractivity contribution < 1.29 is 23.2 Å². The van der Waals surface area contributed by atoms with Gasteiger partial charge in [-0.15, -0.1) is 0 Å². The van der Waals surface area contributed by atoms with Crippen LogP contribution in [0.5, 0.6) is 0 Å². The molecule has 1 fully saturated rings. The molecule has 0 aromatic heterocycles. The number of carbonyl (C=O) groups excluding carboxylic acids is 3.